The van der Waals surface area contributed by atoms with Crippen molar-refractivity contribution in [1.29, 1.82) is 0 Å². The van der Waals surface area contributed by atoms with Crippen molar-refractivity contribution in [3.63, 3.8) is 0 Å². The molecule has 0 fully saturated rings. The van der Waals surface area contributed by atoms with E-state index in [-0.39, 0.29) is 5.91 Å². The van der Waals surface area contributed by atoms with Crippen molar-refractivity contribution in [2.45, 2.75) is 20.8 Å². The summed E-state index contributed by atoms with van der Waals surface area (Å²) >= 11 is 0. The first-order valence-corrected chi connectivity index (χ1v) is 6.33. The molecule has 102 valence electrons. The van der Waals surface area contributed by atoms with Crippen LogP contribution in [0.3, 0.4) is 0 Å². The molecule has 3 rings (SSSR count). The number of nitrogens with one attached hydrogen (secondary N) is 3. The fourth-order valence-corrected chi connectivity index (χ4v) is 2.10. The largest absolute Gasteiger partial charge is 0.346 e. The molecule has 0 bridgehead atoms. The van der Waals surface area contributed by atoms with Crippen LogP contribution >= 0.6 is 0 Å². The number of aromatic amines is 2. The first kappa shape index (κ1) is 12.4. The van der Waals surface area contributed by atoms with Crippen LogP contribution in [0.4, 0.5) is 5.69 Å². The van der Waals surface area contributed by atoms with Gasteiger partial charge in [0.2, 0.25) is 0 Å². The fourth-order valence-electron chi connectivity index (χ4n) is 2.10. The predicted molar refractivity (Wildman–Crippen MR) is 76.8 cm³/mol. The van der Waals surface area contributed by atoms with Crippen LogP contribution in [0.2, 0.25) is 0 Å². The number of hydrogen-bond acceptors (Lipinski definition) is 3. The lowest BCUT2D eigenvalue weighted by Crippen LogP contribution is -2.13. The van der Waals surface area contributed by atoms with Gasteiger partial charge in [0, 0.05) is 22.8 Å². The Balaban J connectivity index is 1.91. The quantitative estimate of drug-likeness (QED) is 0.668. The molecule has 3 heterocycles. The summed E-state index contributed by atoms with van der Waals surface area (Å²) in [5, 5.41) is 10.6. The number of nitrogens with zero attached hydrogens (tertiary/aromatic N) is 2. The molecule has 3 N–H and O–H groups in total. The molecule has 0 aliphatic carbocycles. The Bertz CT molecular complexity index is 799. The minimum absolute atomic E-state index is 0.235. The summed E-state index contributed by atoms with van der Waals surface area (Å²) in [6.07, 6.45) is 3.52. The first-order chi connectivity index (χ1) is 9.56. The number of rotatable bonds is 2. The Morgan fingerprint density at radius 3 is 2.80 bits per heavy atom. The van der Waals surface area contributed by atoms with Gasteiger partial charge in [0.05, 0.1) is 11.9 Å². The topological polar surface area (TPSA) is 86.5 Å². The van der Waals surface area contributed by atoms with Gasteiger partial charge in [-0.3, -0.25) is 9.89 Å². The van der Waals surface area contributed by atoms with Gasteiger partial charge in [-0.25, -0.2) is 4.98 Å². The molecule has 1 amide bonds. The highest BCUT2D eigenvalue weighted by molar-refractivity contribution is 6.04. The van der Waals surface area contributed by atoms with Gasteiger partial charge < -0.3 is 10.3 Å². The van der Waals surface area contributed by atoms with Gasteiger partial charge in [-0.2, -0.15) is 5.10 Å². The fraction of sp³-hybridized carbons (Fsp3) is 0.214. The molecule has 0 spiro atoms. The number of anilines is 1. The van der Waals surface area contributed by atoms with Gasteiger partial charge in [-0.15, -0.1) is 0 Å². The lowest BCUT2D eigenvalue weighted by atomic mass is 10.2. The molecule has 3 aromatic rings. The second-order valence-corrected chi connectivity index (χ2v) is 4.87. The maximum absolute atomic E-state index is 12.2. The van der Waals surface area contributed by atoms with Crippen LogP contribution < -0.4 is 5.32 Å². The van der Waals surface area contributed by atoms with Gasteiger partial charge in [0.15, 0.2) is 5.69 Å². The van der Waals surface area contributed by atoms with Crippen LogP contribution in [-0.2, 0) is 0 Å². The van der Waals surface area contributed by atoms with Gasteiger partial charge >= 0.3 is 0 Å². The Morgan fingerprint density at radius 2 is 2.10 bits per heavy atom. The van der Waals surface area contributed by atoms with Gasteiger partial charge in [0.25, 0.3) is 5.91 Å². The third-order valence-electron chi connectivity index (χ3n) is 3.46. The van der Waals surface area contributed by atoms with E-state index in [2.05, 4.69) is 25.5 Å². The summed E-state index contributed by atoms with van der Waals surface area (Å²) in [6.45, 7) is 5.74. The summed E-state index contributed by atoms with van der Waals surface area (Å²) in [5.41, 5.74) is 4.72. The molecular weight excluding hydrogens is 254 g/mol. The molecule has 6 heteroatoms. The maximum atomic E-state index is 12.2. The molecule has 0 atom stereocenters. The van der Waals surface area contributed by atoms with Crippen molar-refractivity contribution >= 4 is 22.6 Å². The van der Waals surface area contributed by atoms with E-state index < -0.39 is 0 Å². The van der Waals surface area contributed by atoms with E-state index in [0.29, 0.717) is 11.4 Å². The number of aryl methyl sites for hydroxylation is 2. The zero-order valence-corrected chi connectivity index (χ0v) is 11.5. The number of carbonyl (C=O) groups excluding carboxylic acids is 1. The summed E-state index contributed by atoms with van der Waals surface area (Å²) < 4.78 is 0. The van der Waals surface area contributed by atoms with E-state index in [1.807, 2.05) is 33.0 Å². The minimum atomic E-state index is -0.235. The number of pyridine rings is 1. The first-order valence-electron chi connectivity index (χ1n) is 6.33. The van der Waals surface area contributed by atoms with E-state index in [1.54, 1.807) is 6.20 Å². The lowest BCUT2D eigenvalue weighted by Gasteiger charge is -2.04. The van der Waals surface area contributed by atoms with Crippen LogP contribution in [0.15, 0.2) is 18.5 Å². The molecule has 6 nitrogen and oxygen atoms in total. The number of hydrogen-bond donors (Lipinski definition) is 3. The highest BCUT2D eigenvalue weighted by Crippen LogP contribution is 2.20. The summed E-state index contributed by atoms with van der Waals surface area (Å²) in [7, 11) is 0. The van der Waals surface area contributed by atoms with Gasteiger partial charge in [-0.05, 0) is 32.4 Å². The van der Waals surface area contributed by atoms with E-state index in [0.717, 1.165) is 27.9 Å². The standard InChI is InChI=1S/C14H15N5O/c1-7-5-15-13-11(7)4-10(6-16-13)17-14(20)12-8(2)9(3)18-19-12/h4-6H,1-3H3,(H,15,16)(H,17,20)(H,18,19). The third kappa shape index (κ3) is 1.95. The number of amides is 1. The SMILES string of the molecule is Cc1[nH]nc(C(=O)Nc2cnc3[nH]cc(C)c3c2)c1C. The minimum Gasteiger partial charge on any atom is -0.346 e. The van der Waals surface area contributed by atoms with Gasteiger partial charge in [-0.1, -0.05) is 0 Å². The smallest absolute Gasteiger partial charge is 0.276 e. The average molecular weight is 269 g/mol. The molecule has 0 aliphatic rings. The van der Waals surface area contributed by atoms with E-state index in [9.17, 15) is 4.79 Å². The molecule has 0 saturated heterocycles. The number of H-pyrrole nitrogens is 2. The zero-order chi connectivity index (χ0) is 14.3. The second-order valence-electron chi connectivity index (χ2n) is 4.87. The van der Waals surface area contributed by atoms with Gasteiger partial charge in [0.1, 0.15) is 5.65 Å². The zero-order valence-electron chi connectivity index (χ0n) is 11.5. The maximum Gasteiger partial charge on any atom is 0.276 e. The number of fused-ring (bicyclic) bond motifs is 1. The van der Waals surface area contributed by atoms with Crippen molar-refractivity contribution in [2.75, 3.05) is 5.32 Å². The van der Waals surface area contributed by atoms with E-state index in [1.165, 1.54) is 0 Å². The molecule has 0 unspecified atom stereocenters. The third-order valence-corrected chi connectivity index (χ3v) is 3.46. The van der Waals surface area contributed by atoms with Crippen molar-refractivity contribution in [3.8, 4) is 0 Å². The van der Waals surface area contributed by atoms with Crippen LogP contribution in [-0.4, -0.2) is 26.1 Å². The lowest BCUT2D eigenvalue weighted by molar-refractivity contribution is 0.102. The Labute approximate surface area is 115 Å². The molecule has 0 aliphatic heterocycles. The van der Waals surface area contributed by atoms with Crippen molar-refractivity contribution in [2.24, 2.45) is 0 Å². The highest BCUT2D eigenvalue weighted by Gasteiger charge is 2.15. The summed E-state index contributed by atoms with van der Waals surface area (Å²) in [6, 6.07) is 1.90. The van der Waals surface area contributed by atoms with Crippen molar-refractivity contribution < 1.29 is 4.79 Å². The molecule has 0 saturated carbocycles. The molecule has 3 aromatic heterocycles. The average Bonchev–Trinajstić information content (AvgIpc) is 2.95. The number of aromatic nitrogens is 4. The highest BCUT2D eigenvalue weighted by atomic mass is 16.1. The van der Waals surface area contributed by atoms with Crippen molar-refractivity contribution in [3.05, 3.63) is 41.0 Å². The second kappa shape index (κ2) is 4.48. The van der Waals surface area contributed by atoms with E-state index >= 15 is 0 Å². The predicted octanol–water partition coefficient (Wildman–Crippen LogP) is 2.46. The van der Waals surface area contributed by atoms with Crippen LogP contribution in [0.1, 0.15) is 27.3 Å². The molecular formula is C14H15N5O. The summed E-state index contributed by atoms with van der Waals surface area (Å²) in [4.78, 5) is 19.5. The van der Waals surface area contributed by atoms with Crippen LogP contribution in [0, 0.1) is 20.8 Å². The molecule has 20 heavy (non-hydrogen) atoms. The Kier molecular flexibility index (Phi) is 2.78. The van der Waals surface area contributed by atoms with Crippen LogP contribution in [0.25, 0.3) is 11.0 Å². The number of carbonyl (C=O) groups is 1. The Hall–Kier alpha value is -2.63. The Morgan fingerprint density at radius 1 is 1.30 bits per heavy atom. The van der Waals surface area contributed by atoms with Crippen molar-refractivity contribution in [1.82, 2.24) is 20.2 Å². The normalized spacial score (nSPS) is 10.9. The van der Waals surface area contributed by atoms with Crippen LogP contribution in [0.5, 0.6) is 0 Å². The van der Waals surface area contributed by atoms with E-state index in [4.69, 9.17) is 0 Å². The molecule has 0 aromatic carbocycles. The monoisotopic (exact) mass is 269 g/mol. The summed E-state index contributed by atoms with van der Waals surface area (Å²) in [5.74, 6) is -0.235. The molecule has 0 radical (unpaired) electrons.